The Labute approximate surface area is 150 Å². The molecule has 0 spiro atoms. The van der Waals surface area contributed by atoms with Crippen LogP contribution in [0.5, 0.6) is 0 Å². The van der Waals surface area contributed by atoms with Crippen molar-refractivity contribution in [3.05, 3.63) is 82.6 Å². The number of anilines is 1. The molecule has 0 aliphatic carbocycles. The third kappa shape index (κ3) is 3.04. The minimum absolute atomic E-state index is 0.439. The number of aliphatic hydroxyl groups excluding tert-OH is 1. The summed E-state index contributed by atoms with van der Waals surface area (Å²) in [4.78, 5) is 0.951. The molecule has 4 aromatic rings. The highest BCUT2D eigenvalue weighted by molar-refractivity contribution is 7.10. The summed E-state index contributed by atoms with van der Waals surface area (Å²) < 4.78 is 4.11. The van der Waals surface area contributed by atoms with Gasteiger partial charge in [0, 0.05) is 4.88 Å². The van der Waals surface area contributed by atoms with Crippen LogP contribution in [0.1, 0.15) is 16.5 Å². The highest BCUT2D eigenvalue weighted by atomic mass is 32.1. The maximum absolute atomic E-state index is 10.6. The zero-order chi connectivity index (χ0) is 17.2. The Hall–Kier alpha value is -2.63. The first kappa shape index (κ1) is 15.9. The molecule has 0 saturated carbocycles. The number of aromatic nitrogens is 2. The summed E-state index contributed by atoms with van der Waals surface area (Å²) in [6.07, 6.45) is -0.566. The SMILES string of the molecule is Nc1n(C[C@H](O)c2cccs2)c2ccccc2[n+]1Cc1ccccc1. The summed E-state index contributed by atoms with van der Waals surface area (Å²) in [5, 5.41) is 12.5. The molecule has 4 nitrogen and oxygen atoms in total. The Morgan fingerprint density at radius 1 is 1.00 bits per heavy atom. The predicted molar refractivity (Wildman–Crippen MR) is 101 cm³/mol. The van der Waals surface area contributed by atoms with Gasteiger partial charge in [0.25, 0.3) is 0 Å². The average molecular weight is 350 g/mol. The third-order valence-electron chi connectivity index (χ3n) is 4.43. The van der Waals surface area contributed by atoms with Crippen molar-refractivity contribution in [2.75, 3.05) is 5.73 Å². The molecule has 126 valence electrons. The summed E-state index contributed by atoms with van der Waals surface area (Å²) in [7, 11) is 0. The summed E-state index contributed by atoms with van der Waals surface area (Å²) in [6.45, 7) is 1.14. The van der Waals surface area contributed by atoms with E-state index < -0.39 is 6.10 Å². The summed E-state index contributed by atoms with van der Waals surface area (Å²) >= 11 is 1.56. The van der Waals surface area contributed by atoms with Crippen LogP contribution in [-0.2, 0) is 13.1 Å². The second-order valence-corrected chi connectivity index (χ2v) is 7.04. The molecule has 0 aliphatic heterocycles. The molecule has 0 amide bonds. The molecule has 4 rings (SSSR count). The molecule has 0 saturated heterocycles. The molecule has 2 aromatic carbocycles. The van der Waals surface area contributed by atoms with Crippen molar-refractivity contribution in [2.24, 2.45) is 0 Å². The lowest BCUT2D eigenvalue weighted by molar-refractivity contribution is -0.648. The van der Waals surface area contributed by atoms with E-state index in [0.717, 1.165) is 15.9 Å². The number of fused-ring (bicyclic) bond motifs is 1. The number of nitrogens with two attached hydrogens (primary N) is 1. The first-order chi connectivity index (χ1) is 12.2. The van der Waals surface area contributed by atoms with E-state index in [1.807, 2.05) is 58.5 Å². The number of rotatable bonds is 5. The molecule has 2 aromatic heterocycles. The smallest absolute Gasteiger partial charge is 0.356 e. The van der Waals surface area contributed by atoms with E-state index in [-0.39, 0.29) is 0 Å². The lowest BCUT2D eigenvalue weighted by Crippen LogP contribution is -2.37. The minimum Gasteiger partial charge on any atom is -0.384 e. The molecule has 0 radical (unpaired) electrons. The maximum atomic E-state index is 10.6. The van der Waals surface area contributed by atoms with E-state index in [1.165, 1.54) is 5.56 Å². The fraction of sp³-hybridized carbons (Fsp3) is 0.150. The zero-order valence-corrected chi connectivity index (χ0v) is 14.6. The highest BCUT2D eigenvalue weighted by Gasteiger charge is 2.23. The lowest BCUT2D eigenvalue weighted by atomic mass is 10.2. The van der Waals surface area contributed by atoms with Crippen LogP contribution < -0.4 is 10.3 Å². The van der Waals surface area contributed by atoms with E-state index in [2.05, 4.69) is 22.8 Å². The summed E-state index contributed by atoms with van der Waals surface area (Å²) in [6, 6.07) is 22.3. The van der Waals surface area contributed by atoms with E-state index in [1.54, 1.807) is 11.3 Å². The Morgan fingerprint density at radius 2 is 1.76 bits per heavy atom. The molecule has 3 N–H and O–H groups in total. The summed E-state index contributed by atoms with van der Waals surface area (Å²) in [5.74, 6) is 0.653. The van der Waals surface area contributed by atoms with Crippen molar-refractivity contribution >= 4 is 28.3 Å². The van der Waals surface area contributed by atoms with Gasteiger partial charge in [-0.1, -0.05) is 48.5 Å². The number of hydrogen-bond donors (Lipinski definition) is 2. The van der Waals surface area contributed by atoms with Crippen LogP contribution in [0.3, 0.4) is 0 Å². The van der Waals surface area contributed by atoms with Gasteiger partial charge in [-0.15, -0.1) is 11.3 Å². The second kappa shape index (κ2) is 6.70. The quantitative estimate of drug-likeness (QED) is 0.542. The number of para-hydroxylation sites is 2. The van der Waals surface area contributed by atoms with E-state index in [4.69, 9.17) is 5.73 Å². The molecule has 5 heteroatoms. The molecule has 0 unspecified atom stereocenters. The van der Waals surface area contributed by atoms with Crippen LogP contribution in [0.25, 0.3) is 11.0 Å². The van der Waals surface area contributed by atoms with Gasteiger partial charge in [-0.25, -0.2) is 9.13 Å². The van der Waals surface area contributed by atoms with Crippen molar-refractivity contribution in [3.8, 4) is 0 Å². The zero-order valence-electron chi connectivity index (χ0n) is 13.7. The topological polar surface area (TPSA) is 55.1 Å². The Kier molecular flexibility index (Phi) is 4.26. The molecule has 0 bridgehead atoms. The highest BCUT2D eigenvalue weighted by Crippen LogP contribution is 2.24. The number of aliphatic hydroxyl groups is 1. The minimum atomic E-state index is -0.566. The van der Waals surface area contributed by atoms with Crippen LogP contribution in [-0.4, -0.2) is 9.67 Å². The standard InChI is InChI=1S/C20H19N3OS/c21-20-22(13-15-7-2-1-3-8-15)16-9-4-5-10-17(16)23(20)14-18(24)19-11-6-12-25-19/h1-12,18,21,24H,13-14H2/p+1/t18-/m0/s1. The van der Waals surface area contributed by atoms with Crippen LogP contribution in [0.2, 0.25) is 0 Å². The number of nitrogen functional groups attached to an aromatic ring is 1. The second-order valence-electron chi connectivity index (χ2n) is 6.06. The van der Waals surface area contributed by atoms with E-state index in [0.29, 0.717) is 19.0 Å². The average Bonchev–Trinajstić information content (AvgIpc) is 3.26. The van der Waals surface area contributed by atoms with Gasteiger partial charge in [-0.3, -0.25) is 5.73 Å². The number of benzene rings is 2. The van der Waals surface area contributed by atoms with Crippen LogP contribution in [0.4, 0.5) is 5.95 Å². The fourth-order valence-electron chi connectivity index (χ4n) is 3.18. The Balaban J connectivity index is 1.76. The largest absolute Gasteiger partial charge is 0.384 e. The van der Waals surface area contributed by atoms with Crippen molar-refractivity contribution in [1.82, 2.24) is 4.57 Å². The first-order valence-electron chi connectivity index (χ1n) is 8.26. The van der Waals surface area contributed by atoms with Crippen molar-refractivity contribution in [1.29, 1.82) is 0 Å². The number of hydrogen-bond acceptors (Lipinski definition) is 3. The van der Waals surface area contributed by atoms with Gasteiger partial charge in [0.2, 0.25) is 0 Å². The number of thiophene rings is 1. The molecule has 0 fully saturated rings. The van der Waals surface area contributed by atoms with Gasteiger partial charge < -0.3 is 5.11 Å². The maximum Gasteiger partial charge on any atom is 0.356 e. The summed E-state index contributed by atoms with van der Waals surface area (Å²) in [5.41, 5.74) is 9.78. The Morgan fingerprint density at radius 3 is 2.52 bits per heavy atom. The van der Waals surface area contributed by atoms with Crippen molar-refractivity contribution in [3.63, 3.8) is 0 Å². The van der Waals surface area contributed by atoms with Gasteiger partial charge in [-0.05, 0) is 29.1 Å². The van der Waals surface area contributed by atoms with E-state index in [9.17, 15) is 5.11 Å². The fourth-order valence-corrected chi connectivity index (χ4v) is 3.88. The first-order valence-corrected chi connectivity index (χ1v) is 9.14. The van der Waals surface area contributed by atoms with Gasteiger partial charge in [-0.2, -0.15) is 0 Å². The molecule has 2 heterocycles. The number of nitrogens with zero attached hydrogens (tertiary/aromatic N) is 2. The normalized spacial score (nSPS) is 12.5. The van der Waals surface area contributed by atoms with Crippen LogP contribution in [0.15, 0.2) is 72.1 Å². The van der Waals surface area contributed by atoms with Crippen molar-refractivity contribution < 1.29 is 9.67 Å². The molecule has 1 atom stereocenters. The van der Waals surface area contributed by atoms with Crippen molar-refractivity contribution in [2.45, 2.75) is 19.2 Å². The molecular formula is C20H20N3OS+. The van der Waals surface area contributed by atoms with Crippen LogP contribution in [0, 0.1) is 0 Å². The Bertz CT molecular complexity index is 977. The van der Waals surface area contributed by atoms with Gasteiger partial charge in [0.1, 0.15) is 23.7 Å². The van der Waals surface area contributed by atoms with Gasteiger partial charge >= 0.3 is 5.95 Å². The monoisotopic (exact) mass is 350 g/mol. The van der Waals surface area contributed by atoms with Gasteiger partial charge in [0.05, 0.1) is 6.54 Å². The molecule has 25 heavy (non-hydrogen) atoms. The van der Waals surface area contributed by atoms with E-state index >= 15 is 0 Å². The predicted octanol–water partition coefficient (Wildman–Crippen LogP) is 3.35. The third-order valence-corrected chi connectivity index (χ3v) is 5.40. The molecular weight excluding hydrogens is 330 g/mol. The lowest BCUT2D eigenvalue weighted by Gasteiger charge is -2.08. The molecule has 0 aliphatic rings. The number of imidazole rings is 1. The van der Waals surface area contributed by atoms with Crippen LogP contribution >= 0.6 is 11.3 Å². The van der Waals surface area contributed by atoms with Gasteiger partial charge in [0.15, 0.2) is 0 Å².